The highest BCUT2D eigenvalue weighted by molar-refractivity contribution is 6.34. The third-order valence-corrected chi connectivity index (χ3v) is 3.50. The first-order valence-corrected chi connectivity index (χ1v) is 6.63. The van der Waals surface area contributed by atoms with Crippen LogP contribution in [0.5, 0.6) is 0 Å². The Morgan fingerprint density at radius 3 is 2.57 bits per heavy atom. The van der Waals surface area contributed by atoms with E-state index in [-0.39, 0.29) is 16.5 Å². The lowest BCUT2D eigenvalue weighted by Crippen LogP contribution is -2.45. The summed E-state index contributed by atoms with van der Waals surface area (Å²) in [5, 5.41) is 22.3. The number of nitrogens with one attached hydrogen (secondary N) is 1. The van der Waals surface area contributed by atoms with Crippen molar-refractivity contribution in [2.75, 3.05) is 0 Å². The number of rotatable bonds is 6. The monoisotopic (exact) mass is 314 g/mol. The Hall–Kier alpha value is -2.15. The van der Waals surface area contributed by atoms with Gasteiger partial charge in [-0.25, -0.2) is 4.79 Å². The smallest absolute Gasteiger partial charge is 0.326 e. The molecule has 1 rings (SSSR count). The Kier molecular flexibility index (Phi) is 5.66. The molecule has 8 heteroatoms. The van der Waals surface area contributed by atoms with Gasteiger partial charge >= 0.3 is 5.97 Å². The fourth-order valence-corrected chi connectivity index (χ4v) is 2.04. The van der Waals surface area contributed by atoms with Crippen molar-refractivity contribution in [1.29, 1.82) is 0 Å². The van der Waals surface area contributed by atoms with Gasteiger partial charge in [0.15, 0.2) is 0 Å². The Morgan fingerprint density at radius 2 is 2.10 bits per heavy atom. The maximum atomic E-state index is 12.2. The lowest BCUT2D eigenvalue weighted by atomic mass is 9.99. The van der Waals surface area contributed by atoms with E-state index in [4.69, 9.17) is 16.7 Å². The first-order valence-electron chi connectivity index (χ1n) is 6.26. The zero-order valence-corrected chi connectivity index (χ0v) is 12.3. The molecule has 2 unspecified atom stereocenters. The summed E-state index contributed by atoms with van der Waals surface area (Å²) in [7, 11) is 0. The molecular formula is C13H15ClN2O5. The first kappa shape index (κ1) is 16.9. The molecule has 0 saturated heterocycles. The lowest BCUT2D eigenvalue weighted by molar-refractivity contribution is -0.385. The van der Waals surface area contributed by atoms with Crippen LogP contribution in [0.15, 0.2) is 18.2 Å². The van der Waals surface area contributed by atoms with E-state index in [0.717, 1.165) is 6.07 Å². The predicted molar refractivity (Wildman–Crippen MR) is 76.5 cm³/mol. The molecule has 0 aliphatic heterocycles. The van der Waals surface area contributed by atoms with Crippen molar-refractivity contribution >= 4 is 29.2 Å². The van der Waals surface area contributed by atoms with Crippen molar-refractivity contribution in [3.8, 4) is 0 Å². The third-order valence-electron chi connectivity index (χ3n) is 3.18. The van der Waals surface area contributed by atoms with Gasteiger partial charge in [0, 0.05) is 6.07 Å². The number of nitrogens with zero attached hydrogens (tertiary/aromatic N) is 1. The number of benzene rings is 1. The van der Waals surface area contributed by atoms with Crippen molar-refractivity contribution in [2.24, 2.45) is 5.92 Å². The van der Waals surface area contributed by atoms with Gasteiger partial charge in [0.2, 0.25) is 0 Å². The Labute approximate surface area is 126 Å². The van der Waals surface area contributed by atoms with E-state index < -0.39 is 28.5 Å². The molecule has 1 aromatic rings. The molecule has 0 heterocycles. The van der Waals surface area contributed by atoms with Gasteiger partial charge in [-0.15, -0.1) is 0 Å². The summed E-state index contributed by atoms with van der Waals surface area (Å²) in [6.45, 7) is 3.45. The van der Waals surface area contributed by atoms with Crippen LogP contribution < -0.4 is 5.32 Å². The molecule has 0 aliphatic rings. The van der Waals surface area contributed by atoms with Crippen LogP contribution in [0.4, 0.5) is 5.69 Å². The van der Waals surface area contributed by atoms with Crippen LogP contribution in [-0.2, 0) is 4.79 Å². The minimum atomic E-state index is -1.20. The second-order valence-corrected chi connectivity index (χ2v) is 4.97. The van der Waals surface area contributed by atoms with Crippen molar-refractivity contribution in [3.05, 3.63) is 38.9 Å². The molecule has 0 aromatic heterocycles. The van der Waals surface area contributed by atoms with E-state index in [1.165, 1.54) is 12.1 Å². The Bertz CT molecular complexity index is 576. The maximum Gasteiger partial charge on any atom is 0.326 e. The van der Waals surface area contributed by atoms with Crippen LogP contribution >= 0.6 is 11.6 Å². The number of carbonyl (C=O) groups is 2. The average Bonchev–Trinajstić information content (AvgIpc) is 2.42. The van der Waals surface area contributed by atoms with Crippen LogP contribution in [0.25, 0.3) is 0 Å². The van der Waals surface area contributed by atoms with E-state index in [1.807, 2.05) is 0 Å². The number of carboxylic acids is 1. The van der Waals surface area contributed by atoms with Crippen molar-refractivity contribution < 1.29 is 19.6 Å². The first-order chi connectivity index (χ1) is 9.79. The van der Waals surface area contributed by atoms with Gasteiger partial charge < -0.3 is 10.4 Å². The summed E-state index contributed by atoms with van der Waals surface area (Å²) >= 11 is 5.83. The van der Waals surface area contributed by atoms with Crippen LogP contribution in [0.1, 0.15) is 30.6 Å². The van der Waals surface area contributed by atoms with Crippen LogP contribution in [0.2, 0.25) is 5.02 Å². The molecule has 1 amide bonds. The van der Waals surface area contributed by atoms with E-state index in [0.29, 0.717) is 6.42 Å². The van der Waals surface area contributed by atoms with E-state index in [1.54, 1.807) is 13.8 Å². The number of hydrogen-bond acceptors (Lipinski definition) is 4. The molecule has 0 spiro atoms. The standard InChI is InChI=1S/C13H15ClN2O5/c1-3-7(2)11(13(18)19)15-12(17)10-8(14)5-4-6-9(10)16(20)21/h4-7,11H,3H2,1-2H3,(H,15,17)(H,18,19). The van der Waals surface area contributed by atoms with Gasteiger partial charge in [-0.3, -0.25) is 14.9 Å². The number of aliphatic carboxylic acids is 1. The highest BCUT2D eigenvalue weighted by atomic mass is 35.5. The summed E-state index contributed by atoms with van der Waals surface area (Å²) < 4.78 is 0. The molecular weight excluding hydrogens is 300 g/mol. The van der Waals surface area contributed by atoms with Gasteiger partial charge in [-0.05, 0) is 12.0 Å². The third kappa shape index (κ3) is 3.91. The van der Waals surface area contributed by atoms with E-state index in [2.05, 4.69) is 5.32 Å². The summed E-state index contributed by atoms with van der Waals surface area (Å²) in [5.74, 6) is -2.40. The zero-order valence-electron chi connectivity index (χ0n) is 11.5. The van der Waals surface area contributed by atoms with Gasteiger partial charge in [-0.1, -0.05) is 37.9 Å². The average molecular weight is 315 g/mol. The predicted octanol–water partition coefficient (Wildman–Crippen LogP) is 2.48. The highest BCUT2D eigenvalue weighted by Crippen LogP contribution is 2.26. The molecule has 0 radical (unpaired) electrons. The SMILES string of the molecule is CCC(C)C(NC(=O)c1c(Cl)cccc1[N+](=O)[O-])C(=O)O. The van der Waals surface area contributed by atoms with Gasteiger partial charge in [0.25, 0.3) is 11.6 Å². The second-order valence-electron chi connectivity index (χ2n) is 4.57. The minimum absolute atomic E-state index is 0.102. The highest BCUT2D eigenvalue weighted by Gasteiger charge is 2.30. The lowest BCUT2D eigenvalue weighted by Gasteiger charge is -2.20. The molecule has 114 valence electrons. The minimum Gasteiger partial charge on any atom is -0.480 e. The fourth-order valence-electron chi connectivity index (χ4n) is 1.79. The number of nitro groups is 1. The van der Waals surface area contributed by atoms with E-state index in [9.17, 15) is 19.7 Å². The van der Waals surface area contributed by atoms with Crippen molar-refractivity contribution in [3.63, 3.8) is 0 Å². The molecule has 1 aromatic carbocycles. The topological polar surface area (TPSA) is 110 Å². The molecule has 2 N–H and O–H groups in total. The number of halogens is 1. The molecule has 2 atom stereocenters. The maximum absolute atomic E-state index is 12.2. The fraction of sp³-hybridized carbons (Fsp3) is 0.385. The number of carboxylic acid groups (broad SMARTS) is 1. The van der Waals surface area contributed by atoms with Gasteiger partial charge in [-0.2, -0.15) is 0 Å². The molecule has 0 fully saturated rings. The number of amides is 1. The normalized spacial score (nSPS) is 13.3. The summed E-state index contributed by atoms with van der Waals surface area (Å²) in [4.78, 5) is 33.6. The van der Waals surface area contributed by atoms with Crippen LogP contribution in [-0.4, -0.2) is 27.9 Å². The number of carbonyl (C=O) groups excluding carboxylic acids is 1. The van der Waals surface area contributed by atoms with Gasteiger partial charge in [0.1, 0.15) is 11.6 Å². The van der Waals surface area contributed by atoms with Crippen molar-refractivity contribution in [2.45, 2.75) is 26.3 Å². The summed E-state index contributed by atoms with van der Waals surface area (Å²) in [5.41, 5.74) is -0.799. The molecule has 21 heavy (non-hydrogen) atoms. The molecule has 0 aliphatic carbocycles. The molecule has 7 nitrogen and oxygen atoms in total. The van der Waals surface area contributed by atoms with Gasteiger partial charge in [0.05, 0.1) is 9.95 Å². The zero-order chi connectivity index (χ0) is 16.2. The Morgan fingerprint density at radius 1 is 1.48 bits per heavy atom. The summed E-state index contributed by atoms with van der Waals surface area (Å²) in [6, 6.07) is 2.68. The number of hydrogen-bond donors (Lipinski definition) is 2. The summed E-state index contributed by atoms with van der Waals surface area (Å²) in [6.07, 6.45) is 0.530. The quantitative estimate of drug-likeness (QED) is 0.619. The Balaban J connectivity index is 3.14. The number of nitro benzene ring substituents is 1. The second kappa shape index (κ2) is 7.03. The van der Waals surface area contributed by atoms with Crippen LogP contribution in [0.3, 0.4) is 0 Å². The van der Waals surface area contributed by atoms with Crippen LogP contribution in [0, 0.1) is 16.0 Å². The largest absolute Gasteiger partial charge is 0.480 e. The molecule has 0 bridgehead atoms. The van der Waals surface area contributed by atoms with E-state index >= 15 is 0 Å². The van der Waals surface area contributed by atoms with Crippen molar-refractivity contribution in [1.82, 2.24) is 5.32 Å². The molecule has 0 saturated carbocycles.